The van der Waals surface area contributed by atoms with Gasteiger partial charge in [-0.25, -0.2) is 4.98 Å². The van der Waals surface area contributed by atoms with Crippen molar-refractivity contribution >= 4 is 29.2 Å². The Morgan fingerprint density at radius 3 is 2.45 bits per heavy atom. The van der Waals surface area contributed by atoms with E-state index in [9.17, 15) is 27.6 Å². The molecule has 1 aromatic rings. The number of hydrogen-bond donors (Lipinski definition) is 2. The van der Waals surface area contributed by atoms with Gasteiger partial charge in [-0.3, -0.25) is 14.4 Å². The fourth-order valence-corrected chi connectivity index (χ4v) is 3.44. The number of alkyl halides is 3. The van der Waals surface area contributed by atoms with Crippen LogP contribution in [0.2, 0.25) is 0 Å². The number of hydrogen-bond acceptors (Lipinski definition) is 5. The zero-order valence-electron chi connectivity index (χ0n) is 16.0. The first-order valence-corrected chi connectivity index (χ1v) is 9.16. The van der Waals surface area contributed by atoms with Gasteiger partial charge in [-0.15, -0.1) is 0 Å². The number of halogens is 3. The molecule has 1 saturated carbocycles. The highest BCUT2D eigenvalue weighted by Gasteiger charge is 2.69. The number of pyridine rings is 1. The molecule has 29 heavy (non-hydrogen) atoms. The molecule has 1 atom stereocenters. The maximum absolute atomic E-state index is 13.2. The van der Waals surface area contributed by atoms with Gasteiger partial charge < -0.3 is 20.9 Å². The molecule has 1 unspecified atom stereocenters. The van der Waals surface area contributed by atoms with Crippen molar-refractivity contribution < 1.29 is 27.6 Å². The molecule has 2 aliphatic rings. The summed E-state index contributed by atoms with van der Waals surface area (Å²) in [6.45, 7) is 3.17. The minimum Gasteiger partial charge on any atom is -0.383 e. The number of nitrogens with two attached hydrogens (primary N) is 1. The third-order valence-electron chi connectivity index (χ3n) is 5.45. The summed E-state index contributed by atoms with van der Waals surface area (Å²) in [5.41, 5.74) is 4.26. The Balaban J connectivity index is 1.61. The summed E-state index contributed by atoms with van der Waals surface area (Å²) in [5.74, 6) is -2.36. The Labute approximate surface area is 165 Å². The van der Waals surface area contributed by atoms with Crippen molar-refractivity contribution in [1.82, 2.24) is 14.8 Å². The number of aromatic nitrogens is 1. The van der Waals surface area contributed by atoms with Crippen molar-refractivity contribution in [1.29, 1.82) is 0 Å². The van der Waals surface area contributed by atoms with E-state index in [-0.39, 0.29) is 32.5 Å². The molecule has 8 nitrogen and oxygen atoms in total. The average Bonchev–Trinajstić information content (AvgIpc) is 3.45. The minimum atomic E-state index is -4.58. The van der Waals surface area contributed by atoms with E-state index < -0.39 is 35.4 Å². The van der Waals surface area contributed by atoms with Crippen molar-refractivity contribution in [2.24, 2.45) is 5.41 Å². The number of carbonyl (C=O) groups excluding carboxylic acids is 3. The quantitative estimate of drug-likeness (QED) is 0.711. The van der Waals surface area contributed by atoms with Crippen LogP contribution in [0.4, 0.5) is 24.7 Å². The normalized spacial score (nSPS) is 20.9. The molecule has 3 rings (SSSR count). The second-order valence-electron chi connectivity index (χ2n) is 7.56. The first kappa shape index (κ1) is 20.9. The number of nitrogens with one attached hydrogen (secondary N) is 1. The molecule has 2 heterocycles. The zero-order valence-corrected chi connectivity index (χ0v) is 16.0. The van der Waals surface area contributed by atoms with Crippen LogP contribution in [-0.4, -0.2) is 64.4 Å². The van der Waals surface area contributed by atoms with E-state index in [0.29, 0.717) is 17.1 Å². The molecule has 1 saturated heterocycles. The fraction of sp³-hybridized carbons (Fsp3) is 0.556. The first-order valence-electron chi connectivity index (χ1n) is 9.16. The molecule has 0 bridgehead atoms. The first-order chi connectivity index (χ1) is 13.5. The third-order valence-corrected chi connectivity index (χ3v) is 5.45. The Kier molecular flexibility index (Phi) is 5.18. The summed E-state index contributed by atoms with van der Waals surface area (Å²) < 4.78 is 39.7. The maximum Gasteiger partial charge on any atom is 0.403 e. The predicted molar refractivity (Wildman–Crippen MR) is 97.5 cm³/mol. The van der Waals surface area contributed by atoms with Crippen LogP contribution in [0, 0.1) is 12.3 Å². The van der Waals surface area contributed by atoms with Gasteiger partial charge in [0.2, 0.25) is 5.91 Å². The highest BCUT2D eigenvalue weighted by Crippen LogP contribution is 2.58. The molecule has 2 fully saturated rings. The number of amides is 3. The molecular weight excluding hydrogens is 391 g/mol. The van der Waals surface area contributed by atoms with Gasteiger partial charge in [-0.1, -0.05) is 0 Å². The van der Waals surface area contributed by atoms with E-state index in [1.54, 1.807) is 19.9 Å². The average molecular weight is 413 g/mol. The van der Waals surface area contributed by atoms with Gasteiger partial charge in [0.05, 0.1) is 11.9 Å². The summed E-state index contributed by atoms with van der Waals surface area (Å²) in [6.07, 6.45) is -3.68. The zero-order chi connectivity index (χ0) is 21.6. The topological polar surface area (TPSA) is 109 Å². The summed E-state index contributed by atoms with van der Waals surface area (Å²) in [7, 11) is 0. The van der Waals surface area contributed by atoms with E-state index in [0.717, 1.165) is 4.90 Å². The molecule has 3 amide bonds. The highest BCUT2D eigenvalue weighted by atomic mass is 19.4. The maximum atomic E-state index is 13.2. The number of piperazine rings is 1. The summed E-state index contributed by atoms with van der Waals surface area (Å²) in [5, 5.41) is 2.43. The van der Waals surface area contributed by atoms with Crippen molar-refractivity contribution in [3.8, 4) is 0 Å². The van der Waals surface area contributed by atoms with Crippen LogP contribution < -0.4 is 11.1 Å². The molecule has 11 heteroatoms. The lowest BCUT2D eigenvalue weighted by molar-refractivity contribution is -0.201. The van der Waals surface area contributed by atoms with Crippen LogP contribution in [0.3, 0.4) is 0 Å². The van der Waals surface area contributed by atoms with Gasteiger partial charge in [0, 0.05) is 25.7 Å². The lowest BCUT2D eigenvalue weighted by atomic mass is 10.0. The monoisotopic (exact) mass is 413 g/mol. The van der Waals surface area contributed by atoms with Crippen LogP contribution in [0.1, 0.15) is 25.3 Å². The Bertz CT molecular complexity index is 854. The Hall–Kier alpha value is -2.85. The molecule has 1 aliphatic heterocycles. The van der Waals surface area contributed by atoms with E-state index >= 15 is 0 Å². The van der Waals surface area contributed by atoms with Gasteiger partial charge >= 0.3 is 18.0 Å². The van der Waals surface area contributed by atoms with E-state index in [1.165, 1.54) is 11.1 Å². The second kappa shape index (κ2) is 7.20. The number of nitrogens with zero attached hydrogens (tertiary/aromatic N) is 3. The molecule has 0 aromatic carbocycles. The molecule has 158 valence electrons. The van der Waals surface area contributed by atoms with Crippen LogP contribution in [0.25, 0.3) is 0 Å². The smallest absolute Gasteiger partial charge is 0.383 e. The van der Waals surface area contributed by atoms with Crippen molar-refractivity contribution in [3.05, 3.63) is 17.8 Å². The van der Waals surface area contributed by atoms with Crippen LogP contribution in [-0.2, 0) is 14.4 Å². The van der Waals surface area contributed by atoms with E-state index in [1.807, 2.05) is 0 Å². The molecule has 3 N–H and O–H groups in total. The van der Waals surface area contributed by atoms with Crippen LogP contribution in [0.5, 0.6) is 0 Å². The van der Waals surface area contributed by atoms with Gasteiger partial charge in [-0.2, -0.15) is 13.2 Å². The lowest BCUT2D eigenvalue weighted by Crippen LogP contribution is -2.59. The van der Waals surface area contributed by atoms with Crippen LogP contribution in [0.15, 0.2) is 12.3 Å². The minimum absolute atomic E-state index is 0.0186. The molecule has 1 aromatic heterocycles. The number of nitrogen functional groups attached to an aromatic ring is 1. The fourth-order valence-electron chi connectivity index (χ4n) is 3.44. The van der Waals surface area contributed by atoms with Gasteiger partial charge in [0.15, 0.2) is 0 Å². The van der Waals surface area contributed by atoms with Crippen molar-refractivity contribution in [3.63, 3.8) is 0 Å². The lowest BCUT2D eigenvalue weighted by Gasteiger charge is -2.41. The molecule has 0 spiro atoms. The van der Waals surface area contributed by atoms with Crippen molar-refractivity contribution in [2.75, 3.05) is 30.7 Å². The van der Waals surface area contributed by atoms with Gasteiger partial charge in [-0.05, 0) is 38.3 Å². The largest absolute Gasteiger partial charge is 0.403 e. The van der Waals surface area contributed by atoms with Crippen LogP contribution >= 0.6 is 0 Å². The van der Waals surface area contributed by atoms with Crippen molar-refractivity contribution in [2.45, 2.75) is 38.9 Å². The molecular formula is C18H22F3N5O3. The predicted octanol–water partition coefficient (Wildman–Crippen LogP) is 1.31. The standard InChI is InChI=1S/C18H22F3N5O3/c1-10-7-12(8-23-13(10)22)24-14(27)15(28)25-5-6-26(11(2)9-25)16(29)17(3-4-17)18(19,20)21/h7-8,11H,3-6,9H2,1-2H3,(H2,22,23)(H,24,27). The summed E-state index contributed by atoms with van der Waals surface area (Å²) in [4.78, 5) is 43.4. The summed E-state index contributed by atoms with van der Waals surface area (Å²) >= 11 is 0. The number of anilines is 2. The Morgan fingerprint density at radius 2 is 1.93 bits per heavy atom. The summed E-state index contributed by atoms with van der Waals surface area (Å²) in [6, 6.07) is 0.937. The Morgan fingerprint density at radius 1 is 1.28 bits per heavy atom. The molecule has 1 aliphatic carbocycles. The van der Waals surface area contributed by atoms with E-state index in [2.05, 4.69) is 10.3 Å². The number of aryl methyl sites for hydroxylation is 1. The number of carbonyl (C=O) groups is 3. The molecule has 0 radical (unpaired) electrons. The highest BCUT2D eigenvalue weighted by molar-refractivity contribution is 6.39. The van der Waals surface area contributed by atoms with Gasteiger partial charge in [0.1, 0.15) is 11.2 Å². The van der Waals surface area contributed by atoms with Gasteiger partial charge in [0.25, 0.3) is 0 Å². The van der Waals surface area contributed by atoms with E-state index in [4.69, 9.17) is 5.73 Å². The SMILES string of the molecule is Cc1cc(NC(=O)C(=O)N2CCN(C(=O)C3(C(F)(F)F)CC3)C(C)C2)cnc1N. The second-order valence-corrected chi connectivity index (χ2v) is 7.56. The number of rotatable bonds is 2. The third kappa shape index (κ3) is 3.85.